The van der Waals surface area contributed by atoms with Crippen molar-refractivity contribution in [2.75, 3.05) is 0 Å². The van der Waals surface area contributed by atoms with E-state index >= 15 is 0 Å². The van der Waals surface area contributed by atoms with E-state index in [0.29, 0.717) is 5.89 Å². The molecule has 0 aliphatic carbocycles. The van der Waals surface area contributed by atoms with Gasteiger partial charge in [-0.25, -0.2) is 4.98 Å². The minimum atomic E-state index is -0.425. The number of oxazole rings is 1. The van der Waals surface area contributed by atoms with Gasteiger partial charge in [0.25, 0.3) is 0 Å². The molecular weight excluding hydrogens is 397 g/mol. The van der Waals surface area contributed by atoms with Crippen molar-refractivity contribution in [1.82, 2.24) is 4.98 Å². The predicted molar refractivity (Wildman–Crippen MR) is 130 cm³/mol. The fraction of sp³-hybridized carbons (Fsp3) is 0.222. The summed E-state index contributed by atoms with van der Waals surface area (Å²) in [5.41, 5.74) is 2.85. The molecule has 1 aliphatic rings. The molecule has 0 unspecified atom stereocenters. The number of aromatic nitrogens is 1. The van der Waals surface area contributed by atoms with Gasteiger partial charge in [-0.3, -0.25) is 0 Å². The molecule has 6 rings (SSSR count). The SMILES string of the molecule is CC1(C)OB(c2cccc3ccc(-c4nc5ccc6ccccc6c5o4)cc23)OC1(C)C. The van der Waals surface area contributed by atoms with Gasteiger partial charge in [0.2, 0.25) is 5.89 Å². The molecule has 4 nitrogen and oxygen atoms in total. The summed E-state index contributed by atoms with van der Waals surface area (Å²) in [5.74, 6) is 0.613. The summed E-state index contributed by atoms with van der Waals surface area (Å²) in [6, 6.07) is 24.8. The molecule has 4 aromatic carbocycles. The van der Waals surface area contributed by atoms with Crippen LogP contribution in [0, 0.1) is 0 Å². The average molecular weight is 421 g/mol. The summed E-state index contributed by atoms with van der Waals surface area (Å²) in [7, 11) is -0.425. The summed E-state index contributed by atoms with van der Waals surface area (Å²) in [6.45, 7) is 8.30. The summed E-state index contributed by atoms with van der Waals surface area (Å²) >= 11 is 0. The van der Waals surface area contributed by atoms with E-state index < -0.39 is 18.3 Å². The molecule has 0 atom stereocenters. The van der Waals surface area contributed by atoms with Gasteiger partial charge in [-0.15, -0.1) is 0 Å². The molecule has 1 aliphatic heterocycles. The Morgan fingerprint density at radius 1 is 0.719 bits per heavy atom. The van der Waals surface area contributed by atoms with Crippen molar-refractivity contribution < 1.29 is 13.7 Å². The Bertz CT molecular complexity index is 1490. The molecule has 2 heterocycles. The van der Waals surface area contributed by atoms with Crippen LogP contribution in [0.3, 0.4) is 0 Å². The molecule has 0 amide bonds. The third-order valence-electron chi connectivity index (χ3n) is 6.95. The lowest BCUT2D eigenvalue weighted by Crippen LogP contribution is -2.41. The molecular formula is C27H24BNO3. The number of benzene rings is 4. The Morgan fingerprint density at radius 2 is 1.41 bits per heavy atom. The second-order valence-electron chi connectivity index (χ2n) is 9.53. The van der Waals surface area contributed by atoms with Crippen LogP contribution in [-0.4, -0.2) is 23.3 Å². The van der Waals surface area contributed by atoms with E-state index in [1.807, 2.05) is 24.3 Å². The number of hydrogen-bond donors (Lipinski definition) is 0. The van der Waals surface area contributed by atoms with Crippen molar-refractivity contribution in [3.05, 3.63) is 72.8 Å². The smallest absolute Gasteiger partial charge is 0.435 e. The first-order chi connectivity index (χ1) is 15.3. The van der Waals surface area contributed by atoms with E-state index in [4.69, 9.17) is 18.7 Å². The summed E-state index contributed by atoms with van der Waals surface area (Å²) in [5, 5.41) is 4.42. The van der Waals surface area contributed by atoms with Crippen LogP contribution in [-0.2, 0) is 9.31 Å². The van der Waals surface area contributed by atoms with Crippen LogP contribution in [0.2, 0.25) is 0 Å². The Balaban J connectivity index is 1.49. The minimum absolute atomic E-state index is 0.390. The number of fused-ring (bicyclic) bond motifs is 4. The third-order valence-corrected chi connectivity index (χ3v) is 6.95. The Morgan fingerprint density at radius 3 is 2.22 bits per heavy atom. The van der Waals surface area contributed by atoms with Crippen LogP contribution in [0.5, 0.6) is 0 Å². The van der Waals surface area contributed by atoms with E-state index in [0.717, 1.165) is 43.7 Å². The Labute approximate surface area is 187 Å². The predicted octanol–water partition coefficient (Wildman–Crippen LogP) is 6.10. The normalized spacial score (nSPS) is 17.6. The molecule has 1 saturated heterocycles. The van der Waals surface area contributed by atoms with Crippen molar-refractivity contribution in [1.29, 1.82) is 0 Å². The quantitative estimate of drug-likeness (QED) is 0.323. The highest BCUT2D eigenvalue weighted by Gasteiger charge is 2.52. The van der Waals surface area contributed by atoms with Crippen LogP contribution in [0.4, 0.5) is 0 Å². The molecule has 0 saturated carbocycles. The highest BCUT2D eigenvalue weighted by Crippen LogP contribution is 2.37. The molecule has 0 radical (unpaired) electrons. The fourth-order valence-corrected chi connectivity index (χ4v) is 4.38. The maximum absolute atomic E-state index is 6.34. The zero-order valence-corrected chi connectivity index (χ0v) is 18.7. The van der Waals surface area contributed by atoms with Crippen LogP contribution >= 0.6 is 0 Å². The average Bonchev–Trinajstić information content (AvgIpc) is 3.31. The highest BCUT2D eigenvalue weighted by molar-refractivity contribution is 6.65. The maximum atomic E-state index is 6.34. The Kier molecular flexibility index (Phi) is 4.08. The first-order valence-electron chi connectivity index (χ1n) is 11.0. The van der Waals surface area contributed by atoms with Gasteiger partial charge in [-0.05, 0) is 67.5 Å². The zero-order chi connectivity index (χ0) is 22.1. The van der Waals surface area contributed by atoms with E-state index in [1.54, 1.807) is 0 Å². The van der Waals surface area contributed by atoms with E-state index in [2.05, 4.69) is 76.2 Å². The summed E-state index contributed by atoms with van der Waals surface area (Å²) in [4.78, 5) is 4.78. The fourth-order valence-electron chi connectivity index (χ4n) is 4.38. The lowest BCUT2D eigenvalue weighted by molar-refractivity contribution is 0.00578. The van der Waals surface area contributed by atoms with Crippen LogP contribution < -0.4 is 5.46 Å². The van der Waals surface area contributed by atoms with Gasteiger partial charge in [0, 0.05) is 10.9 Å². The van der Waals surface area contributed by atoms with Crippen molar-refractivity contribution in [3.8, 4) is 11.5 Å². The first kappa shape index (κ1) is 19.5. The topological polar surface area (TPSA) is 44.5 Å². The largest absolute Gasteiger partial charge is 0.495 e. The van der Waals surface area contributed by atoms with Gasteiger partial charge in [-0.2, -0.15) is 0 Å². The first-order valence-corrected chi connectivity index (χ1v) is 11.0. The molecule has 1 aromatic heterocycles. The zero-order valence-electron chi connectivity index (χ0n) is 18.7. The monoisotopic (exact) mass is 421 g/mol. The van der Waals surface area contributed by atoms with Gasteiger partial charge >= 0.3 is 7.12 Å². The van der Waals surface area contributed by atoms with Crippen molar-refractivity contribution in [3.63, 3.8) is 0 Å². The van der Waals surface area contributed by atoms with E-state index in [-0.39, 0.29) is 0 Å². The van der Waals surface area contributed by atoms with Gasteiger partial charge in [0.1, 0.15) is 5.52 Å². The van der Waals surface area contributed by atoms with E-state index in [9.17, 15) is 0 Å². The molecule has 5 heteroatoms. The molecule has 0 bridgehead atoms. The summed E-state index contributed by atoms with van der Waals surface area (Å²) < 4.78 is 19.0. The Hall–Kier alpha value is -3.15. The van der Waals surface area contributed by atoms with Gasteiger partial charge in [0.15, 0.2) is 5.58 Å². The molecule has 1 fully saturated rings. The lowest BCUT2D eigenvalue weighted by Gasteiger charge is -2.32. The maximum Gasteiger partial charge on any atom is 0.495 e. The van der Waals surface area contributed by atoms with Crippen LogP contribution in [0.15, 0.2) is 77.2 Å². The third kappa shape index (κ3) is 2.89. The van der Waals surface area contributed by atoms with Crippen molar-refractivity contribution in [2.45, 2.75) is 38.9 Å². The van der Waals surface area contributed by atoms with Crippen LogP contribution in [0.1, 0.15) is 27.7 Å². The number of hydrogen-bond acceptors (Lipinski definition) is 4. The standard InChI is InChI=1S/C27H24BNO3/c1-26(2)27(3,4)32-28(31-26)22-11-7-9-18-12-13-19(16-21(18)22)25-29-23-15-14-17-8-5-6-10-20(17)24(23)30-25/h5-16H,1-4H3. The van der Waals surface area contributed by atoms with E-state index in [1.165, 1.54) is 0 Å². The van der Waals surface area contributed by atoms with Gasteiger partial charge < -0.3 is 13.7 Å². The van der Waals surface area contributed by atoms with Crippen molar-refractivity contribution in [2.24, 2.45) is 0 Å². The second-order valence-corrected chi connectivity index (χ2v) is 9.53. The molecule has 32 heavy (non-hydrogen) atoms. The molecule has 158 valence electrons. The van der Waals surface area contributed by atoms with Gasteiger partial charge in [0.05, 0.1) is 11.2 Å². The summed E-state index contributed by atoms with van der Waals surface area (Å²) in [6.07, 6.45) is 0. The van der Waals surface area contributed by atoms with Crippen molar-refractivity contribution >= 4 is 45.2 Å². The molecule has 0 N–H and O–H groups in total. The highest BCUT2D eigenvalue weighted by atomic mass is 16.7. The number of rotatable bonds is 2. The lowest BCUT2D eigenvalue weighted by atomic mass is 9.76. The minimum Gasteiger partial charge on any atom is -0.435 e. The second kappa shape index (κ2) is 6.68. The number of nitrogens with zero attached hydrogens (tertiary/aromatic N) is 1. The molecule has 5 aromatic rings. The molecule has 0 spiro atoms. The van der Waals surface area contributed by atoms with Crippen LogP contribution in [0.25, 0.3) is 44.1 Å². The van der Waals surface area contributed by atoms with Gasteiger partial charge in [-0.1, -0.05) is 54.6 Å².